The molecule has 0 spiro atoms. The van der Waals surface area contributed by atoms with Crippen LogP contribution in [-0.4, -0.2) is 49.2 Å². The van der Waals surface area contributed by atoms with E-state index in [1.165, 1.54) is 12.8 Å². The summed E-state index contributed by atoms with van der Waals surface area (Å²) in [6.07, 6.45) is 2.55. The summed E-state index contributed by atoms with van der Waals surface area (Å²) in [5.41, 5.74) is 0.591. The second-order valence-corrected chi connectivity index (χ2v) is 6.90. The molecule has 2 aliphatic heterocycles. The lowest BCUT2D eigenvalue weighted by Crippen LogP contribution is -2.50. The predicted molar refractivity (Wildman–Crippen MR) is 99.6 cm³/mol. The van der Waals surface area contributed by atoms with Crippen LogP contribution < -0.4 is 10.1 Å². The quantitative estimate of drug-likeness (QED) is 0.898. The summed E-state index contributed by atoms with van der Waals surface area (Å²) in [5.74, 6) is 1.30. The van der Waals surface area contributed by atoms with Crippen LogP contribution in [0.25, 0.3) is 0 Å². The van der Waals surface area contributed by atoms with Crippen LogP contribution in [0.5, 0.6) is 11.5 Å². The number of para-hydroxylation sites is 1. The Morgan fingerprint density at radius 2 is 2.00 bits per heavy atom. The molecular weight excluding hydrogens is 328 g/mol. The Kier molecular flexibility index (Phi) is 5.18. The number of hydrogen-bond acceptors (Lipinski definition) is 4. The van der Waals surface area contributed by atoms with Crippen molar-refractivity contribution in [3.05, 3.63) is 60.2 Å². The normalized spacial score (nSPS) is 22.6. The highest BCUT2D eigenvalue weighted by molar-refractivity contribution is 5.94. The van der Waals surface area contributed by atoms with Gasteiger partial charge in [-0.05, 0) is 49.7 Å². The van der Waals surface area contributed by atoms with Gasteiger partial charge in [-0.25, -0.2) is 0 Å². The largest absolute Gasteiger partial charge is 0.457 e. The maximum atomic E-state index is 12.5. The van der Waals surface area contributed by atoms with E-state index in [-0.39, 0.29) is 12.0 Å². The first kappa shape index (κ1) is 17.1. The first-order chi connectivity index (χ1) is 12.8. The smallest absolute Gasteiger partial charge is 0.251 e. The van der Waals surface area contributed by atoms with E-state index < -0.39 is 0 Å². The molecule has 0 saturated carbocycles. The Bertz CT molecular complexity index is 750. The fourth-order valence-electron chi connectivity index (χ4n) is 3.64. The number of ether oxygens (including phenoxy) is 2. The molecule has 1 N–H and O–H groups in total. The highest BCUT2D eigenvalue weighted by atomic mass is 16.5. The SMILES string of the molecule is O=C(NC[C@@H]1CN2CCC[C@H]2CO1)c1cccc(Oc2ccccc2)c1. The van der Waals surface area contributed by atoms with E-state index in [2.05, 4.69) is 10.2 Å². The molecule has 2 heterocycles. The molecule has 2 aromatic carbocycles. The van der Waals surface area contributed by atoms with Gasteiger partial charge >= 0.3 is 0 Å². The Balaban J connectivity index is 1.32. The number of benzene rings is 2. The summed E-state index contributed by atoms with van der Waals surface area (Å²) in [7, 11) is 0. The van der Waals surface area contributed by atoms with Gasteiger partial charge in [-0.3, -0.25) is 9.69 Å². The van der Waals surface area contributed by atoms with E-state index >= 15 is 0 Å². The standard InChI is InChI=1S/C21H24N2O3/c24-21(22-13-20-14-23-11-5-7-17(23)15-25-20)16-6-4-10-19(12-16)26-18-8-2-1-3-9-18/h1-4,6,8-10,12,17,20H,5,7,11,13-15H2,(H,22,24)/t17-,20+/m0/s1. The molecule has 0 aliphatic carbocycles. The molecule has 2 aliphatic rings. The molecule has 4 rings (SSSR count). The van der Waals surface area contributed by atoms with Gasteiger partial charge in [0.1, 0.15) is 11.5 Å². The first-order valence-corrected chi connectivity index (χ1v) is 9.25. The average Bonchev–Trinajstić information content (AvgIpc) is 3.15. The molecule has 0 aromatic heterocycles. The second kappa shape index (κ2) is 7.89. The van der Waals surface area contributed by atoms with Gasteiger partial charge in [0.25, 0.3) is 5.91 Å². The average molecular weight is 352 g/mol. The monoisotopic (exact) mass is 352 g/mol. The van der Waals surface area contributed by atoms with Crippen LogP contribution in [-0.2, 0) is 4.74 Å². The van der Waals surface area contributed by atoms with Gasteiger partial charge in [0.15, 0.2) is 0 Å². The summed E-state index contributed by atoms with van der Waals surface area (Å²) in [6, 6.07) is 17.4. The minimum Gasteiger partial charge on any atom is -0.457 e. The minimum atomic E-state index is -0.101. The molecule has 2 saturated heterocycles. The van der Waals surface area contributed by atoms with E-state index in [1.807, 2.05) is 42.5 Å². The van der Waals surface area contributed by atoms with Crippen molar-refractivity contribution in [3.8, 4) is 11.5 Å². The Morgan fingerprint density at radius 3 is 2.88 bits per heavy atom. The lowest BCUT2D eigenvalue weighted by molar-refractivity contribution is -0.0461. The van der Waals surface area contributed by atoms with Gasteiger partial charge in [-0.1, -0.05) is 24.3 Å². The molecule has 0 bridgehead atoms. The maximum absolute atomic E-state index is 12.5. The van der Waals surface area contributed by atoms with Crippen molar-refractivity contribution in [2.24, 2.45) is 0 Å². The van der Waals surface area contributed by atoms with Gasteiger partial charge in [-0.2, -0.15) is 0 Å². The van der Waals surface area contributed by atoms with Gasteiger partial charge < -0.3 is 14.8 Å². The zero-order chi connectivity index (χ0) is 17.8. The number of fused-ring (bicyclic) bond motifs is 1. The van der Waals surface area contributed by atoms with Crippen LogP contribution in [0.4, 0.5) is 0 Å². The highest BCUT2D eigenvalue weighted by Gasteiger charge is 2.32. The third-order valence-corrected chi connectivity index (χ3v) is 5.03. The van der Waals surface area contributed by atoms with E-state index in [0.717, 1.165) is 25.4 Å². The van der Waals surface area contributed by atoms with Crippen LogP contribution in [0.3, 0.4) is 0 Å². The third kappa shape index (κ3) is 4.06. The Morgan fingerprint density at radius 1 is 1.15 bits per heavy atom. The molecule has 136 valence electrons. The minimum absolute atomic E-state index is 0.0667. The molecule has 5 nitrogen and oxygen atoms in total. The van der Waals surface area contributed by atoms with Gasteiger partial charge in [-0.15, -0.1) is 0 Å². The maximum Gasteiger partial charge on any atom is 0.251 e. The number of morpholine rings is 1. The zero-order valence-corrected chi connectivity index (χ0v) is 14.8. The molecule has 0 unspecified atom stereocenters. The van der Waals surface area contributed by atoms with Crippen molar-refractivity contribution >= 4 is 5.91 Å². The molecule has 2 aromatic rings. The summed E-state index contributed by atoms with van der Waals surface area (Å²) in [6.45, 7) is 3.37. The molecular formula is C21H24N2O3. The van der Waals surface area contributed by atoms with Crippen molar-refractivity contribution in [2.75, 3.05) is 26.2 Å². The van der Waals surface area contributed by atoms with Crippen LogP contribution in [0.15, 0.2) is 54.6 Å². The summed E-state index contributed by atoms with van der Waals surface area (Å²) < 4.78 is 11.7. The van der Waals surface area contributed by atoms with Gasteiger partial charge in [0.2, 0.25) is 0 Å². The van der Waals surface area contributed by atoms with Crippen molar-refractivity contribution in [1.29, 1.82) is 0 Å². The summed E-state index contributed by atoms with van der Waals surface area (Å²) in [5, 5.41) is 2.99. The molecule has 5 heteroatoms. The van der Waals surface area contributed by atoms with E-state index in [4.69, 9.17) is 9.47 Å². The molecule has 1 amide bonds. The zero-order valence-electron chi connectivity index (χ0n) is 14.8. The fraction of sp³-hybridized carbons (Fsp3) is 0.381. The number of rotatable bonds is 5. The van der Waals surface area contributed by atoms with E-state index in [1.54, 1.807) is 12.1 Å². The number of carbonyl (C=O) groups excluding carboxylic acids is 1. The molecule has 2 atom stereocenters. The van der Waals surface area contributed by atoms with Crippen molar-refractivity contribution in [1.82, 2.24) is 10.2 Å². The highest BCUT2D eigenvalue weighted by Crippen LogP contribution is 2.23. The number of nitrogens with one attached hydrogen (secondary N) is 1. The fourth-order valence-corrected chi connectivity index (χ4v) is 3.64. The summed E-state index contributed by atoms with van der Waals surface area (Å²) >= 11 is 0. The molecule has 0 radical (unpaired) electrons. The molecule has 2 fully saturated rings. The molecule has 26 heavy (non-hydrogen) atoms. The van der Waals surface area contributed by atoms with Gasteiger partial charge in [0, 0.05) is 24.7 Å². The van der Waals surface area contributed by atoms with Crippen molar-refractivity contribution in [3.63, 3.8) is 0 Å². The second-order valence-electron chi connectivity index (χ2n) is 6.90. The van der Waals surface area contributed by atoms with E-state index in [0.29, 0.717) is 23.9 Å². The van der Waals surface area contributed by atoms with Crippen LogP contribution in [0.1, 0.15) is 23.2 Å². The van der Waals surface area contributed by atoms with E-state index in [9.17, 15) is 4.79 Å². The number of hydrogen-bond donors (Lipinski definition) is 1. The Hall–Kier alpha value is -2.37. The van der Waals surface area contributed by atoms with Crippen molar-refractivity contribution < 1.29 is 14.3 Å². The van der Waals surface area contributed by atoms with Crippen LogP contribution in [0, 0.1) is 0 Å². The number of nitrogens with zero attached hydrogens (tertiary/aromatic N) is 1. The predicted octanol–water partition coefficient (Wildman–Crippen LogP) is 3.07. The van der Waals surface area contributed by atoms with Crippen LogP contribution >= 0.6 is 0 Å². The van der Waals surface area contributed by atoms with Crippen LogP contribution in [0.2, 0.25) is 0 Å². The first-order valence-electron chi connectivity index (χ1n) is 9.25. The third-order valence-electron chi connectivity index (χ3n) is 5.03. The lowest BCUT2D eigenvalue weighted by Gasteiger charge is -2.35. The number of carbonyl (C=O) groups is 1. The van der Waals surface area contributed by atoms with Crippen molar-refractivity contribution in [2.45, 2.75) is 25.0 Å². The lowest BCUT2D eigenvalue weighted by atomic mass is 10.1. The van der Waals surface area contributed by atoms with Gasteiger partial charge in [0.05, 0.1) is 12.7 Å². The number of amides is 1. The topological polar surface area (TPSA) is 50.8 Å². The summed E-state index contributed by atoms with van der Waals surface area (Å²) in [4.78, 5) is 15.0. The Labute approximate surface area is 153 Å².